The summed E-state index contributed by atoms with van der Waals surface area (Å²) >= 11 is 0. The van der Waals surface area contributed by atoms with Crippen molar-refractivity contribution in [1.82, 2.24) is 29.2 Å². The fraction of sp³-hybridized carbons (Fsp3) is 0.535. The first-order chi connectivity index (χ1) is 26.1. The summed E-state index contributed by atoms with van der Waals surface area (Å²) in [5.74, 6) is 2.08. The smallest absolute Gasteiger partial charge is 0.410 e. The second-order valence-corrected chi connectivity index (χ2v) is 17.8. The first-order valence-corrected chi connectivity index (χ1v) is 19.7. The molecule has 55 heavy (non-hydrogen) atoms. The standard InChI is InChI=1S/C43H54N6O6/c1-42(2,3)54-40(51)45-35-28-14-15-32(35)49(24-28)39(50)29-20-31-37(34(22-29)53-8)46(7)38(44-31)33-21-27-10-9-11-30(36(27)48(33)23-25-12-13-25)26-16-18-47(19-17-26)41(52)55-43(4,5)6/h9-11,16,20-22,25,28,32,35H,12-15,17-19,23-24H2,1-8H3,(H,45,51)/t28-,32-,35-/m1/s1. The molecule has 1 N–H and O–H groups in total. The number of piperidine rings is 1. The van der Waals surface area contributed by atoms with Crippen molar-refractivity contribution in [2.24, 2.45) is 18.9 Å². The Balaban J connectivity index is 1.12. The van der Waals surface area contributed by atoms with Crippen LogP contribution in [0, 0.1) is 11.8 Å². The van der Waals surface area contributed by atoms with E-state index in [0.717, 1.165) is 48.2 Å². The largest absolute Gasteiger partial charge is 0.494 e. The number of nitrogens with one attached hydrogen (secondary N) is 1. The first-order valence-electron chi connectivity index (χ1n) is 19.7. The van der Waals surface area contributed by atoms with Gasteiger partial charge in [0, 0.05) is 49.7 Å². The Morgan fingerprint density at radius 3 is 2.38 bits per heavy atom. The molecule has 2 aliphatic carbocycles. The van der Waals surface area contributed by atoms with Gasteiger partial charge in [-0.25, -0.2) is 14.6 Å². The zero-order valence-corrected chi connectivity index (χ0v) is 33.4. The Hall–Kier alpha value is -5.00. The predicted molar refractivity (Wildman–Crippen MR) is 212 cm³/mol. The van der Waals surface area contributed by atoms with Crippen LogP contribution in [0.5, 0.6) is 5.75 Å². The number of carbonyl (C=O) groups is 3. The van der Waals surface area contributed by atoms with Gasteiger partial charge >= 0.3 is 12.2 Å². The highest BCUT2D eigenvalue weighted by Gasteiger charge is 2.50. The Morgan fingerprint density at radius 1 is 0.945 bits per heavy atom. The maximum absolute atomic E-state index is 14.2. The molecule has 3 amide bonds. The molecule has 0 spiro atoms. The van der Waals surface area contributed by atoms with Gasteiger partial charge in [-0.15, -0.1) is 0 Å². The number of carbonyl (C=O) groups excluding carboxylic acids is 3. The van der Waals surface area contributed by atoms with Gasteiger partial charge in [0.15, 0.2) is 5.82 Å². The maximum atomic E-state index is 14.2. The number of benzene rings is 2. The third kappa shape index (κ3) is 7.15. The first kappa shape index (κ1) is 36.9. The highest BCUT2D eigenvalue weighted by atomic mass is 16.6. The van der Waals surface area contributed by atoms with Crippen LogP contribution >= 0.6 is 0 Å². The molecule has 1 saturated heterocycles. The van der Waals surface area contributed by atoms with E-state index in [4.69, 9.17) is 19.2 Å². The Labute approximate surface area is 322 Å². The molecular weight excluding hydrogens is 697 g/mol. The highest BCUT2D eigenvalue weighted by molar-refractivity contribution is 6.01. The van der Waals surface area contributed by atoms with Crippen LogP contribution in [0.3, 0.4) is 0 Å². The van der Waals surface area contributed by atoms with Gasteiger partial charge in [0.2, 0.25) is 0 Å². The lowest BCUT2D eigenvalue weighted by Crippen LogP contribution is -2.46. The number of hydrogen-bond acceptors (Lipinski definition) is 7. The van der Waals surface area contributed by atoms with Crippen LogP contribution in [0.1, 0.15) is 89.6 Å². The minimum absolute atomic E-state index is 0.0888. The monoisotopic (exact) mass is 750 g/mol. The van der Waals surface area contributed by atoms with Gasteiger partial charge in [-0.2, -0.15) is 0 Å². The fourth-order valence-electron chi connectivity index (χ4n) is 8.80. The molecule has 4 aliphatic rings. The summed E-state index contributed by atoms with van der Waals surface area (Å²) in [6.45, 7) is 13.8. The zero-order valence-electron chi connectivity index (χ0n) is 33.4. The molecule has 3 atom stereocenters. The van der Waals surface area contributed by atoms with Crippen molar-refractivity contribution in [1.29, 1.82) is 0 Å². The van der Waals surface area contributed by atoms with Gasteiger partial charge < -0.3 is 38.5 Å². The van der Waals surface area contributed by atoms with Crippen molar-refractivity contribution in [3.05, 3.63) is 53.6 Å². The lowest BCUT2D eigenvalue weighted by molar-refractivity contribution is 0.0270. The van der Waals surface area contributed by atoms with E-state index in [1.807, 2.05) is 65.6 Å². The van der Waals surface area contributed by atoms with E-state index >= 15 is 0 Å². The molecule has 2 saturated carbocycles. The molecule has 292 valence electrons. The minimum atomic E-state index is -0.598. The number of nitrogens with zero attached hydrogens (tertiary/aromatic N) is 5. The third-order valence-electron chi connectivity index (χ3n) is 11.4. The summed E-state index contributed by atoms with van der Waals surface area (Å²) in [6.07, 6.45) is 6.35. The molecule has 2 bridgehead atoms. The van der Waals surface area contributed by atoms with E-state index in [1.54, 1.807) is 12.0 Å². The van der Waals surface area contributed by atoms with Crippen molar-refractivity contribution < 1.29 is 28.6 Å². The molecule has 4 aromatic rings. The van der Waals surface area contributed by atoms with Crippen molar-refractivity contribution in [3.63, 3.8) is 0 Å². The molecule has 8 rings (SSSR count). The number of ether oxygens (including phenoxy) is 3. The number of amides is 3. The van der Waals surface area contributed by atoms with E-state index < -0.39 is 17.3 Å². The maximum Gasteiger partial charge on any atom is 0.410 e. The molecule has 2 aliphatic heterocycles. The van der Waals surface area contributed by atoms with E-state index in [9.17, 15) is 14.4 Å². The van der Waals surface area contributed by atoms with Crippen molar-refractivity contribution in [2.45, 2.75) is 103 Å². The highest BCUT2D eigenvalue weighted by Crippen LogP contribution is 2.42. The fourth-order valence-corrected chi connectivity index (χ4v) is 8.80. The van der Waals surface area contributed by atoms with Crippen molar-refractivity contribution in [2.75, 3.05) is 26.7 Å². The molecule has 4 heterocycles. The number of aryl methyl sites for hydroxylation is 1. The van der Waals surface area contributed by atoms with Gasteiger partial charge in [0.05, 0.1) is 35.9 Å². The average Bonchev–Trinajstić information content (AvgIpc) is 3.46. The van der Waals surface area contributed by atoms with Gasteiger partial charge in [-0.1, -0.05) is 24.3 Å². The molecule has 12 nitrogen and oxygen atoms in total. The second-order valence-electron chi connectivity index (χ2n) is 17.8. The number of para-hydroxylation sites is 1. The Kier molecular flexibility index (Phi) is 9.16. The van der Waals surface area contributed by atoms with Gasteiger partial charge in [-0.05, 0) is 109 Å². The number of fused-ring (bicyclic) bond motifs is 4. The number of rotatable bonds is 7. The second kappa shape index (κ2) is 13.6. The number of likely N-dealkylation sites (tertiary alicyclic amines) is 1. The van der Waals surface area contributed by atoms with E-state index in [0.29, 0.717) is 42.4 Å². The van der Waals surface area contributed by atoms with Crippen LogP contribution in [-0.2, 0) is 23.1 Å². The molecule has 3 fully saturated rings. The lowest BCUT2D eigenvalue weighted by Gasteiger charge is -2.30. The van der Waals surface area contributed by atoms with Crippen LogP contribution in [0.4, 0.5) is 9.59 Å². The van der Waals surface area contributed by atoms with Crippen molar-refractivity contribution in [3.8, 4) is 17.3 Å². The van der Waals surface area contributed by atoms with Crippen LogP contribution in [0.25, 0.3) is 39.0 Å². The van der Waals surface area contributed by atoms with E-state index in [-0.39, 0.29) is 30.0 Å². The van der Waals surface area contributed by atoms with Gasteiger partial charge in [0.1, 0.15) is 22.5 Å². The summed E-state index contributed by atoms with van der Waals surface area (Å²) in [5, 5.41) is 4.20. The SMILES string of the molecule is COc1cc(C(=O)N2C[C@H]3CC[C@@H]2[C@@H]3NC(=O)OC(C)(C)C)cc2nc(-c3cc4cccc(C5=CCN(C(=O)OC(C)(C)C)CC5)c4n3CC3CC3)n(C)c12. The average molecular weight is 751 g/mol. The summed E-state index contributed by atoms with van der Waals surface area (Å²) in [6, 6.07) is 12.2. The van der Waals surface area contributed by atoms with Crippen LogP contribution in [0.15, 0.2) is 42.5 Å². The summed E-state index contributed by atoms with van der Waals surface area (Å²) in [4.78, 5) is 48.6. The molecule has 12 heteroatoms. The van der Waals surface area contributed by atoms with E-state index in [2.05, 4.69) is 44.8 Å². The van der Waals surface area contributed by atoms with Crippen molar-refractivity contribution >= 4 is 45.6 Å². The van der Waals surface area contributed by atoms with Crippen LogP contribution in [-0.4, -0.2) is 92.0 Å². The molecule has 0 radical (unpaired) electrons. The van der Waals surface area contributed by atoms with E-state index in [1.165, 1.54) is 29.5 Å². The number of hydrogen-bond donors (Lipinski definition) is 1. The quantitative estimate of drug-likeness (QED) is 0.205. The van der Waals surface area contributed by atoms with Crippen LogP contribution < -0.4 is 10.1 Å². The summed E-state index contributed by atoms with van der Waals surface area (Å²) in [7, 11) is 3.64. The molecular formula is C43H54N6O6. The van der Waals surface area contributed by atoms with Gasteiger partial charge in [0.25, 0.3) is 5.91 Å². The normalized spacial score (nSPS) is 21.3. The molecule has 0 unspecified atom stereocenters. The van der Waals surface area contributed by atoms with Crippen LogP contribution in [0.2, 0.25) is 0 Å². The lowest BCUT2D eigenvalue weighted by atomic mass is 9.97. The Bertz CT molecular complexity index is 2220. The number of imidazole rings is 1. The Morgan fingerprint density at radius 2 is 1.71 bits per heavy atom. The molecule has 2 aromatic carbocycles. The summed E-state index contributed by atoms with van der Waals surface area (Å²) in [5.41, 5.74) is 5.48. The summed E-state index contributed by atoms with van der Waals surface area (Å²) < 4.78 is 21.7. The zero-order chi connectivity index (χ0) is 39.0. The predicted octanol–water partition coefficient (Wildman–Crippen LogP) is 7.77. The molecule has 2 aromatic heterocycles. The third-order valence-corrected chi connectivity index (χ3v) is 11.4. The number of aromatic nitrogens is 3. The minimum Gasteiger partial charge on any atom is -0.494 e. The topological polar surface area (TPSA) is 120 Å². The number of methoxy groups -OCH3 is 1. The van der Waals surface area contributed by atoms with Gasteiger partial charge in [-0.3, -0.25) is 4.79 Å². The number of alkyl carbamates (subject to hydrolysis) is 1.